The van der Waals surface area contributed by atoms with Gasteiger partial charge in [-0.1, -0.05) is 0 Å². The molecule has 0 saturated carbocycles. The van der Waals surface area contributed by atoms with Crippen LogP contribution in [0.25, 0.3) is 0 Å². The maximum Gasteiger partial charge on any atom is 0.337 e. The molecule has 1 aromatic carbocycles. The third kappa shape index (κ3) is 3.41. The Labute approximate surface area is 123 Å². The molecule has 1 heterocycles. The SMILES string of the molecule is COC(=O)c1ccc(C(=O)N2CCC(S(C)(=O)=O)C2)cc1. The van der Waals surface area contributed by atoms with Gasteiger partial charge in [0.2, 0.25) is 0 Å². The molecule has 1 unspecified atom stereocenters. The van der Waals surface area contributed by atoms with Crippen LogP contribution in [0.2, 0.25) is 0 Å². The zero-order chi connectivity index (χ0) is 15.6. The number of ether oxygens (including phenoxy) is 1. The molecule has 1 aliphatic rings. The number of carbonyl (C=O) groups excluding carboxylic acids is 2. The van der Waals surface area contributed by atoms with Gasteiger partial charge in [0.1, 0.15) is 0 Å². The van der Waals surface area contributed by atoms with Crippen molar-refractivity contribution in [1.82, 2.24) is 4.90 Å². The average molecular weight is 311 g/mol. The Bertz CT molecular complexity index is 650. The summed E-state index contributed by atoms with van der Waals surface area (Å²) in [5.41, 5.74) is 0.793. The first-order valence-electron chi connectivity index (χ1n) is 6.49. The Morgan fingerprint density at radius 2 is 1.76 bits per heavy atom. The van der Waals surface area contributed by atoms with Crippen molar-refractivity contribution in [2.45, 2.75) is 11.7 Å². The molecule has 1 aromatic rings. The van der Waals surface area contributed by atoms with Crippen molar-refractivity contribution in [3.8, 4) is 0 Å². The molecule has 0 aromatic heterocycles. The number of esters is 1. The molecule has 7 heteroatoms. The van der Waals surface area contributed by atoms with Gasteiger partial charge in [-0.3, -0.25) is 4.79 Å². The van der Waals surface area contributed by atoms with Gasteiger partial charge in [0.15, 0.2) is 9.84 Å². The van der Waals surface area contributed by atoms with Gasteiger partial charge >= 0.3 is 5.97 Å². The zero-order valence-electron chi connectivity index (χ0n) is 11.9. The van der Waals surface area contributed by atoms with Crippen LogP contribution in [0.1, 0.15) is 27.1 Å². The van der Waals surface area contributed by atoms with Crippen molar-refractivity contribution in [3.05, 3.63) is 35.4 Å². The predicted molar refractivity (Wildman–Crippen MR) is 76.9 cm³/mol. The number of rotatable bonds is 3. The molecule has 1 amide bonds. The van der Waals surface area contributed by atoms with Gasteiger partial charge in [-0.2, -0.15) is 0 Å². The van der Waals surface area contributed by atoms with E-state index < -0.39 is 21.1 Å². The van der Waals surface area contributed by atoms with Crippen molar-refractivity contribution in [3.63, 3.8) is 0 Å². The van der Waals surface area contributed by atoms with Crippen molar-refractivity contribution < 1.29 is 22.7 Å². The largest absolute Gasteiger partial charge is 0.465 e. The Morgan fingerprint density at radius 1 is 1.19 bits per heavy atom. The van der Waals surface area contributed by atoms with Crippen molar-refractivity contribution >= 4 is 21.7 Å². The topological polar surface area (TPSA) is 80.8 Å². The number of hydrogen-bond acceptors (Lipinski definition) is 5. The van der Waals surface area contributed by atoms with Gasteiger partial charge in [0.25, 0.3) is 5.91 Å². The van der Waals surface area contributed by atoms with Crippen LogP contribution in [0.4, 0.5) is 0 Å². The number of methoxy groups -OCH3 is 1. The first-order chi connectivity index (χ1) is 9.82. The van der Waals surface area contributed by atoms with Gasteiger partial charge in [0, 0.05) is 24.9 Å². The molecule has 0 bridgehead atoms. The number of likely N-dealkylation sites (tertiary alicyclic amines) is 1. The molecular weight excluding hydrogens is 294 g/mol. The number of carbonyl (C=O) groups is 2. The summed E-state index contributed by atoms with van der Waals surface area (Å²) in [4.78, 5) is 25.1. The number of nitrogens with zero attached hydrogens (tertiary/aromatic N) is 1. The summed E-state index contributed by atoms with van der Waals surface area (Å²) in [5, 5.41) is -0.490. The average Bonchev–Trinajstić information content (AvgIpc) is 2.95. The van der Waals surface area contributed by atoms with Crippen molar-refractivity contribution in [2.24, 2.45) is 0 Å². The van der Waals surface area contributed by atoms with Crippen LogP contribution in [-0.2, 0) is 14.6 Å². The van der Waals surface area contributed by atoms with Crippen LogP contribution in [0, 0.1) is 0 Å². The number of hydrogen-bond donors (Lipinski definition) is 0. The maximum atomic E-state index is 12.3. The summed E-state index contributed by atoms with van der Waals surface area (Å²) >= 11 is 0. The molecule has 114 valence electrons. The van der Waals surface area contributed by atoms with E-state index in [0.717, 1.165) is 0 Å². The molecular formula is C14H17NO5S. The molecule has 1 atom stereocenters. The zero-order valence-corrected chi connectivity index (χ0v) is 12.7. The van der Waals surface area contributed by atoms with E-state index in [1.807, 2.05) is 0 Å². The first-order valence-corrected chi connectivity index (χ1v) is 8.45. The number of benzene rings is 1. The highest BCUT2D eigenvalue weighted by Gasteiger charge is 2.32. The monoisotopic (exact) mass is 311 g/mol. The third-order valence-electron chi connectivity index (χ3n) is 3.59. The lowest BCUT2D eigenvalue weighted by Gasteiger charge is -2.16. The van der Waals surface area contributed by atoms with Crippen molar-refractivity contribution in [1.29, 1.82) is 0 Å². The minimum Gasteiger partial charge on any atom is -0.465 e. The predicted octanol–water partition coefficient (Wildman–Crippen LogP) is 0.732. The minimum atomic E-state index is -3.13. The standard InChI is InChI=1S/C14H17NO5S/c1-20-14(17)11-5-3-10(4-6-11)13(16)15-8-7-12(9-15)21(2,18)19/h3-6,12H,7-9H2,1-2H3. The van der Waals surface area contributed by atoms with E-state index in [-0.39, 0.29) is 12.5 Å². The van der Waals surface area contributed by atoms with E-state index in [1.165, 1.54) is 30.4 Å². The smallest absolute Gasteiger partial charge is 0.337 e. The lowest BCUT2D eigenvalue weighted by molar-refractivity contribution is 0.0600. The summed E-state index contributed by atoms with van der Waals surface area (Å²) in [6, 6.07) is 6.12. The third-order valence-corrected chi connectivity index (χ3v) is 5.19. The maximum absolute atomic E-state index is 12.3. The molecule has 0 N–H and O–H groups in total. The fraction of sp³-hybridized carbons (Fsp3) is 0.429. The molecule has 0 spiro atoms. The van der Waals surface area contributed by atoms with E-state index in [1.54, 1.807) is 12.1 Å². The highest BCUT2D eigenvalue weighted by atomic mass is 32.2. The first kappa shape index (κ1) is 15.5. The van der Waals surface area contributed by atoms with E-state index >= 15 is 0 Å². The minimum absolute atomic E-state index is 0.219. The Kier molecular flexibility index (Phi) is 4.32. The summed E-state index contributed by atoms with van der Waals surface area (Å²) in [7, 11) is -1.84. The Hall–Kier alpha value is -1.89. The molecule has 2 rings (SSSR count). The Balaban J connectivity index is 2.09. The van der Waals surface area contributed by atoms with Crippen LogP contribution < -0.4 is 0 Å². The van der Waals surface area contributed by atoms with Gasteiger partial charge in [-0.25, -0.2) is 13.2 Å². The molecule has 1 fully saturated rings. The number of sulfone groups is 1. The highest BCUT2D eigenvalue weighted by molar-refractivity contribution is 7.91. The van der Waals surface area contributed by atoms with E-state index in [4.69, 9.17) is 0 Å². The summed E-state index contributed by atoms with van der Waals surface area (Å²) in [6.07, 6.45) is 1.65. The van der Waals surface area contributed by atoms with Gasteiger partial charge in [0.05, 0.1) is 17.9 Å². The van der Waals surface area contributed by atoms with Gasteiger partial charge < -0.3 is 9.64 Å². The number of amides is 1. The molecule has 1 aliphatic heterocycles. The summed E-state index contributed by atoms with van der Waals surface area (Å²) < 4.78 is 27.6. The normalized spacial score (nSPS) is 18.6. The van der Waals surface area contributed by atoms with Crippen LogP contribution in [0.5, 0.6) is 0 Å². The van der Waals surface area contributed by atoms with Gasteiger partial charge in [-0.15, -0.1) is 0 Å². The molecule has 0 aliphatic carbocycles. The highest BCUT2D eigenvalue weighted by Crippen LogP contribution is 2.19. The van der Waals surface area contributed by atoms with Crippen molar-refractivity contribution in [2.75, 3.05) is 26.5 Å². The fourth-order valence-corrected chi connectivity index (χ4v) is 3.30. The summed E-state index contributed by atoms with van der Waals surface area (Å²) in [6.45, 7) is 0.645. The molecule has 6 nitrogen and oxygen atoms in total. The lowest BCUT2D eigenvalue weighted by Crippen LogP contribution is -2.31. The quantitative estimate of drug-likeness (QED) is 0.769. The van der Waals surface area contributed by atoms with Gasteiger partial charge in [-0.05, 0) is 30.7 Å². The lowest BCUT2D eigenvalue weighted by atomic mass is 10.1. The second-order valence-electron chi connectivity index (χ2n) is 5.06. The summed E-state index contributed by atoms with van der Waals surface area (Å²) in [5.74, 6) is -0.690. The fourth-order valence-electron chi connectivity index (χ4n) is 2.31. The van der Waals surface area contributed by atoms with Crippen LogP contribution >= 0.6 is 0 Å². The second-order valence-corrected chi connectivity index (χ2v) is 7.39. The van der Waals surface area contributed by atoms with E-state index in [0.29, 0.717) is 24.1 Å². The molecule has 21 heavy (non-hydrogen) atoms. The van der Waals surface area contributed by atoms with Crippen LogP contribution in [0.3, 0.4) is 0 Å². The Morgan fingerprint density at radius 3 is 2.24 bits per heavy atom. The van der Waals surface area contributed by atoms with Crippen LogP contribution in [-0.4, -0.2) is 56.9 Å². The second kappa shape index (κ2) is 5.85. The van der Waals surface area contributed by atoms with E-state index in [9.17, 15) is 18.0 Å². The van der Waals surface area contributed by atoms with E-state index in [2.05, 4.69) is 4.74 Å². The molecule has 0 radical (unpaired) electrons. The molecule has 1 saturated heterocycles. The van der Waals surface area contributed by atoms with Crippen LogP contribution in [0.15, 0.2) is 24.3 Å².